The maximum Gasteiger partial charge on any atom is 0.122 e. The molecule has 0 radical (unpaired) electrons. The van der Waals surface area contributed by atoms with Gasteiger partial charge in [-0.25, -0.2) is 0 Å². The minimum atomic E-state index is -1.04. The van der Waals surface area contributed by atoms with Crippen LogP contribution in [0, 0.1) is 6.92 Å². The van der Waals surface area contributed by atoms with Crippen LogP contribution in [0.1, 0.15) is 5.69 Å². The fourth-order valence-corrected chi connectivity index (χ4v) is 3.41. The quantitative estimate of drug-likeness (QED) is 0.529. The van der Waals surface area contributed by atoms with Gasteiger partial charge in [-0.05, 0) is 25.1 Å². The standard InChI is InChI=1S/C18H25N3OSi/c1-14-11-17(20-19-14)16-12-21(13-22-9-10-23(2,3)4)18-8-6-5-7-15(16)18/h5-8,11-12H,9-10,13H2,1-4H3,(H,19,20). The predicted octanol–water partition coefficient (Wildman–Crippen LogP) is 4.65. The Hall–Kier alpha value is -1.85. The molecule has 0 aliphatic carbocycles. The van der Waals surface area contributed by atoms with Gasteiger partial charge >= 0.3 is 0 Å². The lowest BCUT2D eigenvalue weighted by Gasteiger charge is -2.15. The van der Waals surface area contributed by atoms with Crippen LogP contribution in [0.5, 0.6) is 0 Å². The van der Waals surface area contributed by atoms with Gasteiger partial charge in [0, 0.05) is 37.5 Å². The van der Waals surface area contributed by atoms with E-state index in [0.717, 1.165) is 23.6 Å². The lowest BCUT2D eigenvalue weighted by Crippen LogP contribution is -2.21. The SMILES string of the molecule is Cc1cc(-c2cn(COCC[Si](C)(C)C)c3ccccc23)n[nH]1. The molecule has 4 nitrogen and oxygen atoms in total. The van der Waals surface area contributed by atoms with Crippen molar-refractivity contribution in [1.82, 2.24) is 14.8 Å². The Labute approximate surface area is 138 Å². The molecule has 0 atom stereocenters. The van der Waals surface area contributed by atoms with E-state index in [9.17, 15) is 0 Å². The average Bonchev–Trinajstić information content (AvgIpc) is 3.07. The number of hydrogen-bond donors (Lipinski definition) is 1. The second kappa shape index (κ2) is 6.33. The van der Waals surface area contributed by atoms with Crippen LogP contribution in [0.15, 0.2) is 36.5 Å². The van der Waals surface area contributed by atoms with Crippen LogP contribution in [-0.2, 0) is 11.5 Å². The smallest absolute Gasteiger partial charge is 0.122 e. The van der Waals surface area contributed by atoms with Crippen LogP contribution in [0.4, 0.5) is 0 Å². The number of nitrogens with one attached hydrogen (secondary N) is 1. The Bertz CT molecular complexity index is 798. The van der Waals surface area contributed by atoms with Crippen LogP contribution in [0.2, 0.25) is 25.7 Å². The summed E-state index contributed by atoms with van der Waals surface area (Å²) in [4.78, 5) is 0. The highest BCUT2D eigenvalue weighted by atomic mass is 28.3. The molecule has 0 aliphatic heterocycles. The average molecular weight is 328 g/mol. The Morgan fingerprint density at radius 3 is 2.70 bits per heavy atom. The fraction of sp³-hybridized carbons (Fsp3) is 0.389. The molecule has 0 saturated heterocycles. The third-order valence-corrected chi connectivity index (χ3v) is 5.70. The van der Waals surface area contributed by atoms with Gasteiger partial charge in [-0.15, -0.1) is 0 Å². The number of aromatic amines is 1. The van der Waals surface area contributed by atoms with E-state index in [4.69, 9.17) is 4.74 Å². The molecule has 0 aliphatic rings. The van der Waals surface area contributed by atoms with Crippen molar-refractivity contribution in [2.24, 2.45) is 0 Å². The molecule has 2 heterocycles. The van der Waals surface area contributed by atoms with E-state index in [1.165, 1.54) is 16.9 Å². The summed E-state index contributed by atoms with van der Waals surface area (Å²) in [7, 11) is -1.04. The Morgan fingerprint density at radius 2 is 2.00 bits per heavy atom. The van der Waals surface area contributed by atoms with Crippen molar-refractivity contribution < 1.29 is 4.74 Å². The number of nitrogens with zero attached hydrogens (tertiary/aromatic N) is 2. The Kier molecular flexibility index (Phi) is 4.41. The van der Waals surface area contributed by atoms with Crippen LogP contribution in [-0.4, -0.2) is 29.4 Å². The van der Waals surface area contributed by atoms with Gasteiger partial charge in [0.25, 0.3) is 0 Å². The molecule has 3 rings (SSSR count). The molecule has 0 amide bonds. The van der Waals surface area contributed by atoms with E-state index in [2.05, 4.69) is 70.9 Å². The lowest BCUT2D eigenvalue weighted by molar-refractivity contribution is 0.0903. The van der Waals surface area contributed by atoms with Gasteiger partial charge < -0.3 is 9.30 Å². The first kappa shape index (κ1) is 16.0. The van der Waals surface area contributed by atoms with Crippen molar-refractivity contribution in [3.05, 3.63) is 42.2 Å². The van der Waals surface area contributed by atoms with Gasteiger partial charge in [0.15, 0.2) is 0 Å². The fourth-order valence-electron chi connectivity index (χ4n) is 2.65. The van der Waals surface area contributed by atoms with E-state index >= 15 is 0 Å². The Morgan fingerprint density at radius 1 is 1.22 bits per heavy atom. The number of aryl methyl sites for hydroxylation is 1. The van der Waals surface area contributed by atoms with Gasteiger partial charge in [-0.2, -0.15) is 5.10 Å². The van der Waals surface area contributed by atoms with E-state index in [1.54, 1.807) is 0 Å². The summed E-state index contributed by atoms with van der Waals surface area (Å²) in [5.74, 6) is 0. The molecule has 122 valence electrons. The first-order valence-corrected chi connectivity index (χ1v) is 11.8. The van der Waals surface area contributed by atoms with Gasteiger partial charge in [-0.1, -0.05) is 37.8 Å². The summed E-state index contributed by atoms with van der Waals surface area (Å²) in [6, 6.07) is 11.7. The molecule has 0 bridgehead atoms. The van der Waals surface area contributed by atoms with E-state index in [1.807, 2.05) is 6.92 Å². The van der Waals surface area contributed by atoms with Gasteiger partial charge in [0.1, 0.15) is 6.73 Å². The van der Waals surface area contributed by atoms with Gasteiger partial charge in [0.05, 0.1) is 11.2 Å². The number of rotatable bonds is 6. The zero-order valence-corrected chi connectivity index (χ0v) is 15.4. The zero-order valence-electron chi connectivity index (χ0n) is 14.4. The molecule has 3 aromatic rings. The third-order valence-electron chi connectivity index (χ3n) is 4.00. The number of H-pyrrole nitrogens is 1. The third kappa shape index (κ3) is 3.73. The van der Waals surface area contributed by atoms with Crippen molar-refractivity contribution in [2.45, 2.75) is 39.3 Å². The molecule has 2 aromatic heterocycles. The van der Waals surface area contributed by atoms with Crippen molar-refractivity contribution in [3.8, 4) is 11.3 Å². The lowest BCUT2D eigenvalue weighted by atomic mass is 10.1. The van der Waals surface area contributed by atoms with Crippen LogP contribution in [0.25, 0.3) is 22.2 Å². The monoisotopic (exact) mass is 327 g/mol. The number of para-hydroxylation sites is 1. The number of ether oxygens (including phenoxy) is 1. The first-order valence-electron chi connectivity index (χ1n) is 8.12. The molecule has 1 N–H and O–H groups in total. The first-order chi connectivity index (χ1) is 10.9. The number of hydrogen-bond acceptors (Lipinski definition) is 2. The van der Waals surface area contributed by atoms with Crippen molar-refractivity contribution in [1.29, 1.82) is 0 Å². The molecular weight excluding hydrogens is 302 g/mol. The second-order valence-corrected chi connectivity index (χ2v) is 12.9. The molecule has 5 heteroatoms. The van der Waals surface area contributed by atoms with Gasteiger partial charge in [0.2, 0.25) is 0 Å². The maximum atomic E-state index is 5.93. The van der Waals surface area contributed by atoms with Gasteiger partial charge in [-0.3, -0.25) is 5.10 Å². The number of aromatic nitrogens is 3. The summed E-state index contributed by atoms with van der Waals surface area (Å²) in [5.41, 5.74) is 4.40. The molecule has 0 fully saturated rings. The highest BCUT2D eigenvalue weighted by Crippen LogP contribution is 2.29. The molecule has 23 heavy (non-hydrogen) atoms. The molecule has 0 saturated carbocycles. The largest absolute Gasteiger partial charge is 0.361 e. The highest BCUT2D eigenvalue weighted by molar-refractivity contribution is 6.76. The zero-order chi connectivity index (χ0) is 16.4. The molecular formula is C18H25N3OSi. The van der Waals surface area contributed by atoms with Crippen LogP contribution >= 0.6 is 0 Å². The summed E-state index contributed by atoms with van der Waals surface area (Å²) >= 11 is 0. The minimum absolute atomic E-state index is 0.592. The van der Waals surface area contributed by atoms with E-state index in [0.29, 0.717) is 6.73 Å². The summed E-state index contributed by atoms with van der Waals surface area (Å²) in [5, 5.41) is 8.64. The normalized spacial score (nSPS) is 12.2. The molecule has 1 aromatic carbocycles. The van der Waals surface area contributed by atoms with Crippen molar-refractivity contribution >= 4 is 19.0 Å². The molecule has 0 spiro atoms. The summed E-state index contributed by atoms with van der Waals surface area (Å²) in [6.07, 6.45) is 2.15. The number of fused-ring (bicyclic) bond motifs is 1. The maximum absolute atomic E-state index is 5.93. The second-order valence-electron chi connectivity index (χ2n) is 7.31. The summed E-state index contributed by atoms with van der Waals surface area (Å²) in [6.45, 7) is 10.6. The number of benzene rings is 1. The van der Waals surface area contributed by atoms with Crippen LogP contribution in [0.3, 0.4) is 0 Å². The Balaban J connectivity index is 1.84. The van der Waals surface area contributed by atoms with E-state index in [-0.39, 0.29) is 0 Å². The van der Waals surface area contributed by atoms with Crippen molar-refractivity contribution in [2.75, 3.05) is 6.61 Å². The predicted molar refractivity (Wildman–Crippen MR) is 98.4 cm³/mol. The van der Waals surface area contributed by atoms with Crippen molar-refractivity contribution in [3.63, 3.8) is 0 Å². The van der Waals surface area contributed by atoms with E-state index < -0.39 is 8.07 Å². The minimum Gasteiger partial charge on any atom is -0.361 e. The topological polar surface area (TPSA) is 42.8 Å². The molecule has 0 unspecified atom stereocenters. The highest BCUT2D eigenvalue weighted by Gasteiger charge is 2.14. The summed E-state index contributed by atoms with van der Waals surface area (Å²) < 4.78 is 8.11. The van der Waals surface area contributed by atoms with Crippen LogP contribution < -0.4 is 0 Å².